The Bertz CT molecular complexity index is 905. The highest BCUT2D eigenvalue weighted by molar-refractivity contribution is 5.91. The standard InChI is InChI=1S/C47H86O7/c1-4-7-10-13-16-19-22-25-28-31-35-51-44-41-43(47(49)54-40-39-50-38-34-48)42-45(52-36-32-29-26-23-20-17-14-11-8-5-2)46(44)53-37-33-30-27-24-21-18-15-12-9-6-3/h41-42,48H,4-40H2,1-3H3. The molecule has 0 saturated heterocycles. The highest BCUT2D eigenvalue weighted by atomic mass is 16.6. The minimum absolute atomic E-state index is 0.0615. The molecule has 0 amide bonds. The molecule has 0 radical (unpaired) electrons. The summed E-state index contributed by atoms with van der Waals surface area (Å²) in [4.78, 5) is 13.2. The van der Waals surface area contributed by atoms with Gasteiger partial charge in [-0.3, -0.25) is 0 Å². The predicted octanol–water partition coefficient (Wildman–Crippen LogP) is 13.8. The molecular formula is C47H86O7. The SMILES string of the molecule is CCCCCCCCCCCCOc1cc(C(=O)OCCOCCO)cc(OCCCCCCCCCCCC)c1OCCCCCCCCCCCC. The zero-order valence-corrected chi connectivity index (χ0v) is 35.7. The second kappa shape index (κ2) is 39.3. The van der Waals surface area contributed by atoms with Gasteiger partial charge in [0, 0.05) is 0 Å². The van der Waals surface area contributed by atoms with E-state index in [2.05, 4.69) is 20.8 Å². The number of ether oxygens (including phenoxy) is 5. The maximum atomic E-state index is 13.2. The molecule has 0 atom stereocenters. The molecular weight excluding hydrogens is 677 g/mol. The van der Waals surface area contributed by atoms with E-state index >= 15 is 0 Å². The first-order chi connectivity index (χ1) is 26.7. The number of aliphatic hydroxyl groups excluding tert-OH is 1. The molecule has 1 rings (SSSR count). The number of carbonyl (C=O) groups is 1. The summed E-state index contributed by atoms with van der Waals surface area (Å²) < 4.78 is 30.0. The Kier molecular flexibility index (Phi) is 36.4. The molecule has 0 unspecified atom stereocenters. The van der Waals surface area contributed by atoms with Crippen LogP contribution in [0.3, 0.4) is 0 Å². The number of unbranched alkanes of at least 4 members (excludes halogenated alkanes) is 27. The summed E-state index contributed by atoms with van der Waals surface area (Å²) in [6.07, 6.45) is 37.9. The van der Waals surface area contributed by atoms with Crippen LogP contribution in [-0.2, 0) is 9.47 Å². The van der Waals surface area contributed by atoms with Gasteiger partial charge in [0.05, 0.1) is 45.2 Å². The summed E-state index contributed by atoms with van der Waals surface area (Å²) in [6.45, 7) is 9.02. The lowest BCUT2D eigenvalue weighted by molar-refractivity contribution is 0.0257. The molecule has 7 nitrogen and oxygen atoms in total. The van der Waals surface area contributed by atoms with Crippen LogP contribution < -0.4 is 14.2 Å². The number of hydrogen-bond acceptors (Lipinski definition) is 7. The molecule has 1 aromatic rings. The van der Waals surface area contributed by atoms with Crippen molar-refractivity contribution >= 4 is 5.97 Å². The summed E-state index contributed by atoms with van der Waals surface area (Å²) in [5, 5.41) is 8.98. The second-order valence-electron chi connectivity index (χ2n) is 15.4. The van der Waals surface area contributed by atoms with Crippen LogP contribution >= 0.6 is 0 Å². The fraction of sp³-hybridized carbons (Fsp3) is 0.851. The average molecular weight is 763 g/mol. The van der Waals surface area contributed by atoms with Gasteiger partial charge in [0.1, 0.15) is 6.61 Å². The zero-order chi connectivity index (χ0) is 39.0. The van der Waals surface area contributed by atoms with Crippen LogP contribution in [0.25, 0.3) is 0 Å². The molecule has 7 heteroatoms. The average Bonchev–Trinajstić information content (AvgIpc) is 3.18. The Morgan fingerprint density at radius 3 is 1.11 bits per heavy atom. The Labute approximate surface area is 333 Å². The van der Waals surface area contributed by atoms with E-state index in [1.54, 1.807) is 12.1 Å². The number of carbonyl (C=O) groups excluding carboxylic acids is 1. The summed E-state index contributed by atoms with van der Waals surface area (Å²) in [5.41, 5.74) is 0.389. The molecule has 0 fully saturated rings. The lowest BCUT2D eigenvalue weighted by atomic mass is 10.1. The van der Waals surface area contributed by atoms with Crippen molar-refractivity contribution in [2.45, 2.75) is 213 Å². The van der Waals surface area contributed by atoms with Gasteiger partial charge >= 0.3 is 5.97 Å². The largest absolute Gasteiger partial charge is 0.490 e. The number of hydrogen-bond donors (Lipinski definition) is 1. The lowest BCUT2D eigenvalue weighted by Crippen LogP contribution is -2.13. The molecule has 1 N–H and O–H groups in total. The molecule has 316 valence electrons. The van der Waals surface area contributed by atoms with Crippen LogP contribution in [-0.4, -0.2) is 57.3 Å². The minimum atomic E-state index is -0.448. The molecule has 0 saturated carbocycles. The molecule has 0 heterocycles. The van der Waals surface area contributed by atoms with Crippen molar-refractivity contribution in [2.24, 2.45) is 0 Å². The van der Waals surface area contributed by atoms with Crippen LogP contribution in [0.1, 0.15) is 224 Å². The normalized spacial score (nSPS) is 11.3. The maximum absolute atomic E-state index is 13.2. The van der Waals surface area contributed by atoms with Gasteiger partial charge in [-0.1, -0.05) is 194 Å². The highest BCUT2D eigenvalue weighted by Gasteiger charge is 2.20. The molecule has 0 spiro atoms. The van der Waals surface area contributed by atoms with Crippen LogP contribution in [0.4, 0.5) is 0 Å². The van der Waals surface area contributed by atoms with Crippen LogP contribution in [0, 0.1) is 0 Å². The van der Waals surface area contributed by atoms with Crippen molar-refractivity contribution in [1.29, 1.82) is 0 Å². The third kappa shape index (κ3) is 29.3. The van der Waals surface area contributed by atoms with Gasteiger partial charge in [-0.05, 0) is 31.4 Å². The first kappa shape index (κ1) is 50.0. The van der Waals surface area contributed by atoms with E-state index in [4.69, 9.17) is 28.8 Å². The topological polar surface area (TPSA) is 83.5 Å². The molecule has 54 heavy (non-hydrogen) atoms. The van der Waals surface area contributed by atoms with Gasteiger partial charge in [-0.2, -0.15) is 0 Å². The first-order valence-corrected chi connectivity index (χ1v) is 23.1. The Morgan fingerprint density at radius 2 is 0.759 bits per heavy atom. The third-order valence-corrected chi connectivity index (χ3v) is 10.2. The fourth-order valence-corrected chi connectivity index (χ4v) is 6.80. The third-order valence-electron chi connectivity index (χ3n) is 10.2. The molecule has 0 aliphatic carbocycles. The minimum Gasteiger partial charge on any atom is -0.490 e. The van der Waals surface area contributed by atoms with Crippen molar-refractivity contribution in [1.82, 2.24) is 0 Å². The fourth-order valence-electron chi connectivity index (χ4n) is 6.80. The molecule has 0 aromatic heterocycles. The van der Waals surface area contributed by atoms with Crippen molar-refractivity contribution < 1.29 is 33.6 Å². The number of rotatable bonds is 42. The number of benzene rings is 1. The van der Waals surface area contributed by atoms with Gasteiger partial charge < -0.3 is 28.8 Å². The van der Waals surface area contributed by atoms with Crippen molar-refractivity contribution in [3.63, 3.8) is 0 Å². The summed E-state index contributed by atoms with van der Waals surface area (Å²) in [6, 6.07) is 3.52. The zero-order valence-electron chi connectivity index (χ0n) is 35.7. The quantitative estimate of drug-likeness (QED) is 0.0524. The number of esters is 1. The number of aliphatic hydroxyl groups is 1. The molecule has 0 bridgehead atoms. The van der Waals surface area contributed by atoms with Crippen molar-refractivity contribution in [2.75, 3.05) is 46.2 Å². The van der Waals surface area contributed by atoms with Crippen LogP contribution in [0.15, 0.2) is 12.1 Å². The van der Waals surface area contributed by atoms with E-state index in [-0.39, 0.29) is 26.4 Å². The van der Waals surface area contributed by atoms with E-state index in [1.165, 1.54) is 154 Å². The highest BCUT2D eigenvalue weighted by Crippen LogP contribution is 2.40. The monoisotopic (exact) mass is 763 g/mol. The Morgan fingerprint density at radius 1 is 0.426 bits per heavy atom. The predicted molar refractivity (Wildman–Crippen MR) is 227 cm³/mol. The molecule has 0 aliphatic rings. The smallest absolute Gasteiger partial charge is 0.338 e. The van der Waals surface area contributed by atoms with Crippen molar-refractivity contribution in [3.8, 4) is 17.2 Å². The van der Waals surface area contributed by atoms with Gasteiger partial charge in [-0.25, -0.2) is 4.79 Å². The van der Waals surface area contributed by atoms with Gasteiger partial charge in [0.2, 0.25) is 5.75 Å². The van der Waals surface area contributed by atoms with Crippen LogP contribution in [0.5, 0.6) is 17.2 Å². The van der Waals surface area contributed by atoms with Crippen LogP contribution in [0.2, 0.25) is 0 Å². The summed E-state index contributed by atoms with van der Waals surface area (Å²) in [5.74, 6) is 1.27. The second-order valence-corrected chi connectivity index (χ2v) is 15.4. The summed E-state index contributed by atoms with van der Waals surface area (Å²) >= 11 is 0. The Balaban J connectivity index is 2.85. The van der Waals surface area contributed by atoms with Gasteiger partial charge in [0.25, 0.3) is 0 Å². The summed E-state index contributed by atoms with van der Waals surface area (Å²) in [7, 11) is 0. The molecule has 0 aliphatic heterocycles. The van der Waals surface area contributed by atoms with Gasteiger partial charge in [0.15, 0.2) is 11.5 Å². The first-order valence-electron chi connectivity index (χ1n) is 23.1. The van der Waals surface area contributed by atoms with E-state index in [0.717, 1.165) is 38.5 Å². The maximum Gasteiger partial charge on any atom is 0.338 e. The van der Waals surface area contributed by atoms with E-state index in [9.17, 15) is 4.79 Å². The van der Waals surface area contributed by atoms with Gasteiger partial charge in [-0.15, -0.1) is 0 Å². The molecule has 1 aromatic carbocycles. The van der Waals surface area contributed by atoms with E-state index in [0.29, 0.717) is 42.6 Å². The lowest BCUT2D eigenvalue weighted by Gasteiger charge is -2.19. The van der Waals surface area contributed by atoms with Crippen molar-refractivity contribution in [3.05, 3.63) is 17.7 Å². The Hall–Kier alpha value is -1.99. The van der Waals surface area contributed by atoms with E-state index < -0.39 is 5.97 Å². The van der Waals surface area contributed by atoms with E-state index in [1.807, 2.05) is 0 Å².